The van der Waals surface area contributed by atoms with Crippen LogP contribution in [-0.2, 0) is 6.54 Å². The third-order valence-corrected chi connectivity index (χ3v) is 5.16. The standard InChI is InChI=1S/C19H26N6/c1-2-6-16(7-3-1)15-24-10-12-25(13-11-24)19-22-18(14-20-23-19)21-17-8-4-5-9-17/h1-3,6-7,14,17H,4-5,8-13,15H2,(H,21,22,23). The maximum atomic E-state index is 4.69. The van der Waals surface area contributed by atoms with Gasteiger partial charge in [-0.15, -0.1) is 5.10 Å². The maximum Gasteiger partial charge on any atom is 0.247 e. The van der Waals surface area contributed by atoms with Gasteiger partial charge in [0.05, 0.1) is 6.20 Å². The SMILES string of the molecule is c1ccc(CN2CCN(c3nncc(NC4CCCC4)n3)CC2)cc1. The average Bonchev–Trinajstić information content (AvgIpc) is 3.16. The largest absolute Gasteiger partial charge is 0.366 e. The van der Waals surface area contributed by atoms with Crippen molar-refractivity contribution in [3.63, 3.8) is 0 Å². The molecule has 1 saturated carbocycles. The van der Waals surface area contributed by atoms with Gasteiger partial charge < -0.3 is 10.2 Å². The summed E-state index contributed by atoms with van der Waals surface area (Å²) in [5.41, 5.74) is 1.37. The van der Waals surface area contributed by atoms with Crippen molar-refractivity contribution in [2.24, 2.45) is 0 Å². The van der Waals surface area contributed by atoms with Crippen LogP contribution in [0.3, 0.4) is 0 Å². The Hall–Kier alpha value is -2.21. The Labute approximate surface area is 149 Å². The third kappa shape index (κ3) is 4.25. The van der Waals surface area contributed by atoms with E-state index < -0.39 is 0 Å². The van der Waals surface area contributed by atoms with Crippen molar-refractivity contribution in [2.75, 3.05) is 36.4 Å². The molecule has 2 aromatic rings. The topological polar surface area (TPSA) is 57.2 Å². The number of nitrogens with one attached hydrogen (secondary N) is 1. The minimum atomic E-state index is 0.548. The zero-order valence-corrected chi connectivity index (χ0v) is 14.6. The first-order valence-electron chi connectivity index (χ1n) is 9.34. The van der Waals surface area contributed by atoms with Crippen LogP contribution in [0.4, 0.5) is 11.8 Å². The number of benzene rings is 1. The van der Waals surface area contributed by atoms with Crippen molar-refractivity contribution in [3.05, 3.63) is 42.1 Å². The number of hydrogen-bond donors (Lipinski definition) is 1. The van der Waals surface area contributed by atoms with Crippen LogP contribution in [0.25, 0.3) is 0 Å². The molecule has 2 heterocycles. The Morgan fingerprint density at radius 3 is 2.52 bits per heavy atom. The number of hydrogen-bond acceptors (Lipinski definition) is 6. The molecule has 0 bridgehead atoms. The van der Waals surface area contributed by atoms with Crippen molar-refractivity contribution in [1.82, 2.24) is 20.1 Å². The number of piperazine rings is 1. The second-order valence-electron chi connectivity index (χ2n) is 7.02. The Bertz CT molecular complexity index is 663. The van der Waals surface area contributed by atoms with Gasteiger partial charge in [0.15, 0.2) is 5.82 Å². The average molecular weight is 338 g/mol. The van der Waals surface area contributed by atoms with Crippen LogP contribution < -0.4 is 10.2 Å². The summed E-state index contributed by atoms with van der Waals surface area (Å²) in [6, 6.07) is 11.2. The second kappa shape index (κ2) is 7.78. The van der Waals surface area contributed by atoms with E-state index in [-0.39, 0.29) is 0 Å². The smallest absolute Gasteiger partial charge is 0.247 e. The van der Waals surface area contributed by atoms with Crippen LogP contribution in [0.5, 0.6) is 0 Å². The quantitative estimate of drug-likeness (QED) is 0.904. The van der Waals surface area contributed by atoms with E-state index in [1.54, 1.807) is 6.20 Å². The summed E-state index contributed by atoms with van der Waals surface area (Å²) in [5, 5.41) is 11.9. The highest BCUT2D eigenvalue weighted by molar-refractivity contribution is 5.40. The molecule has 0 radical (unpaired) electrons. The predicted octanol–water partition coefficient (Wildman–Crippen LogP) is 2.55. The van der Waals surface area contributed by atoms with Gasteiger partial charge in [-0.3, -0.25) is 4.90 Å². The monoisotopic (exact) mass is 338 g/mol. The Balaban J connectivity index is 1.32. The first kappa shape index (κ1) is 16.3. The lowest BCUT2D eigenvalue weighted by Gasteiger charge is -2.34. The molecule has 4 rings (SSSR count). The van der Waals surface area contributed by atoms with E-state index in [2.05, 4.69) is 55.6 Å². The minimum absolute atomic E-state index is 0.548. The lowest BCUT2D eigenvalue weighted by Crippen LogP contribution is -2.46. The molecule has 0 atom stereocenters. The molecule has 1 aromatic heterocycles. The Morgan fingerprint density at radius 2 is 1.76 bits per heavy atom. The lowest BCUT2D eigenvalue weighted by molar-refractivity contribution is 0.248. The molecule has 0 amide bonds. The summed E-state index contributed by atoms with van der Waals surface area (Å²) in [4.78, 5) is 9.42. The van der Waals surface area contributed by atoms with Crippen molar-refractivity contribution in [3.8, 4) is 0 Å². The van der Waals surface area contributed by atoms with E-state index in [1.165, 1.54) is 31.2 Å². The van der Waals surface area contributed by atoms with Crippen LogP contribution in [-0.4, -0.2) is 52.3 Å². The molecular formula is C19H26N6. The Morgan fingerprint density at radius 1 is 1.00 bits per heavy atom. The fourth-order valence-electron chi connectivity index (χ4n) is 3.72. The first-order valence-corrected chi connectivity index (χ1v) is 9.34. The Kier molecular flexibility index (Phi) is 5.06. The van der Waals surface area contributed by atoms with Gasteiger partial charge in [0.2, 0.25) is 5.95 Å². The normalized spacial score (nSPS) is 19.3. The minimum Gasteiger partial charge on any atom is -0.366 e. The summed E-state index contributed by atoms with van der Waals surface area (Å²) in [5.74, 6) is 1.62. The molecule has 1 aliphatic heterocycles. The van der Waals surface area contributed by atoms with Gasteiger partial charge in [0.25, 0.3) is 0 Å². The number of aromatic nitrogens is 3. The van der Waals surface area contributed by atoms with E-state index in [4.69, 9.17) is 4.98 Å². The second-order valence-corrected chi connectivity index (χ2v) is 7.02. The van der Waals surface area contributed by atoms with Gasteiger partial charge in [0.1, 0.15) is 0 Å². The van der Waals surface area contributed by atoms with Crippen LogP contribution >= 0.6 is 0 Å². The van der Waals surface area contributed by atoms with Crippen LogP contribution in [0, 0.1) is 0 Å². The van der Waals surface area contributed by atoms with E-state index in [0.717, 1.165) is 44.5 Å². The summed E-state index contributed by atoms with van der Waals surface area (Å²) in [6.45, 7) is 4.96. The van der Waals surface area contributed by atoms with Crippen molar-refractivity contribution >= 4 is 11.8 Å². The summed E-state index contributed by atoms with van der Waals surface area (Å²) in [7, 11) is 0. The van der Waals surface area contributed by atoms with Crippen LogP contribution in [0.2, 0.25) is 0 Å². The molecule has 6 nitrogen and oxygen atoms in total. The zero-order chi connectivity index (χ0) is 16.9. The van der Waals surface area contributed by atoms with Crippen molar-refractivity contribution in [1.29, 1.82) is 0 Å². The van der Waals surface area contributed by atoms with Gasteiger partial charge in [0, 0.05) is 38.8 Å². The number of rotatable bonds is 5. The third-order valence-electron chi connectivity index (χ3n) is 5.16. The molecule has 25 heavy (non-hydrogen) atoms. The molecule has 1 aliphatic carbocycles. The molecule has 132 valence electrons. The van der Waals surface area contributed by atoms with Gasteiger partial charge >= 0.3 is 0 Å². The molecule has 1 N–H and O–H groups in total. The molecule has 1 aromatic carbocycles. The fraction of sp³-hybridized carbons (Fsp3) is 0.526. The van der Waals surface area contributed by atoms with Gasteiger partial charge in [-0.2, -0.15) is 10.1 Å². The number of anilines is 2. The van der Waals surface area contributed by atoms with E-state index in [9.17, 15) is 0 Å². The molecule has 2 aliphatic rings. The van der Waals surface area contributed by atoms with Crippen molar-refractivity contribution < 1.29 is 0 Å². The molecule has 6 heteroatoms. The van der Waals surface area contributed by atoms with E-state index in [0.29, 0.717) is 6.04 Å². The molecule has 0 spiro atoms. The number of nitrogens with zero attached hydrogens (tertiary/aromatic N) is 5. The van der Waals surface area contributed by atoms with E-state index >= 15 is 0 Å². The molecule has 0 unspecified atom stereocenters. The summed E-state index contributed by atoms with van der Waals surface area (Å²) < 4.78 is 0. The molecule has 2 fully saturated rings. The molecule has 1 saturated heterocycles. The van der Waals surface area contributed by atoms with Crippen molar-refractivity contribution in [2.45, 2.75) is 38.3 Å². The zero-order valence-electron chi connectivity index (χ0n) is 14.6. The van der Waals surface area contributed by atoms with Crippen LogP contribution in [0.1, 0.15) is 31.2 Å². The highest BCUT2D eigenvalue weighted by Crippen LogP contribution is 2.22. The molecular weight excluding hydrogens is 312 g/mol. The highest BCUT2D eigenvalue weighted by Gasteiger charge is 2.20. The van der Waals surface area contributed by atoms with E-state index in [1.807, 2.05) is 0 Å². The van der Waals surface area contributed by atoms with Crippen LogP contribution in [0.15, 0.2) is 36.5 Å². The summed E-state index contributed by atoms with van der Waals surface area (Å²) in [6.07, 6.45) is 6.83. The maximum absolute atomic E-state index is 4.69. The summed E-state index contributed by atoms with van der Waals surface area (Å²) >= 11 is 0. The predicted molar refractivity (Wildman–Crippen MR) is 99.6 cm³/mol. The fourth-order valence-corrected chi connectivity index (χ4v) is 3.72. The van der Waals surface area contributed by atoms with Gasteiger partial charge in [-0.1, -0.05) is 43.2 Å². The van der Waals surface area contributed by atoms with Gasteiger partial charge in [-0.05, 0) is 18.4 Å². The first-order chi connectivity index (χ1) is 12.4. The highest BCUT2D eigenvalue weighted by atomic mass is 15.4. The van der Waals surface area contributed by atoms with Gasteiger partial charge in [-0.25, -0.2) is 0 Å². The lowest BCUT2D eigenvalue weighted by atomic mass is 10.2.